The van der Waals surface area contributed by atoms with E-state index in [9.17, 15) is 4.79 Å². The van der Waals surface area contributed by atoms with Crippen LogP contribution in [0, 0.1) is 5.92 Å². The Morgan fingerprint density at radius 1 is 1.00 bits per heavy atom. The highest BCUT2D eigenvalue weighted by Gasteiger charge is 2.26. The van der Waals surface area contributed by atoms with Gasteiger partial charge >= 0.3 is 0 Å². The first kappa shape index (κ1) is 17.0. The highest BCUT2D eigenvalue weighted by atomic mass is 35.5. The van der Waals surface area contributed by atoms with Gasteiger partial charge in [0.25, 0.3) is 0 Å². The number of carbonyl (C=O) groups is 1. The standard InChI is InChI=1S/C15H28N4O.ClH/c20-15(17-14-1-2-14)12-19-9-7-18(8-10-19)11-13-3-5-16-6-4-13;/h13-14,16H,1-12H2,(H,17,20);1H. The van der Waals surface area contributed by atoms with Crippen molar-refractivity contribution in [2.75, 3.05) is 52.4 Å². The Kier molecular flexibility index (Phi) is 6.74. The van der Waals surface area contributed by atoms with Crippen molar-refractivity contribution < 1.29 is 4.79 Å². The van der Waals surface area contributed by atoms with Crippen molar-refractivity contribution in [2.24, 2.45) is 5.92 Å². The van der Waals surface area contributed by atoms with Gasteiger partial charge in [0.1, 0.15) is 0 Å². The number of rotatable bonds is 5. The van der Waals surface area contributed by atoms with E-state index in [4.69, 9.17) is 0 Å². The van der Waals surface area contributed by atoms with Crippen LogP contribution in [0.25, 0.3) is 0 Å². The topological polar surface area (TPSA) is 47.6 Å². The molecule has 0 aromatic carbocycles. The van der Waals surface area contributed by atoms with Gasteiger partial charge in [-0.05, 0) is 44.7 Å². The molecular formula is C15H29ClN4O. The van der Waals surface area contributed by atoms with E-state index in [0.717, 1.165) is 32.1 Å². The van der Waals surface area contributed by atoms with Crippen LogP contribution in [-0.2, 0) is 4.79 Å². The maximum absolute atomic E-state index is 11.8. The van der Waals surface area contributed by atoms with Gasteiger partial charge < -0.3 is 15.5 Å². The summed E-state index contributed by atoms with van der Waals surface area (Å²) in [4.78, 5) is 16.7. The van der Waals surface area contributed by atoms with Crippen LogP contribution in [0.1, 0.15) is 25.7 Å². The molecule has 3 aliphatic rings. The summed E-state index contributed by atoms with van der Waals surface area (Å²) in [5, 5.41) is 6.51. The third-order valence-electron chi connectivity index (χ3n) is 4.75. The summed E-state index contributed by atoms with van der Waals surface area (Å²) in [7, 11) is 0. The average molecular weight is 317 g/mol. The van der Waals surface area contributed by atoms with Crippen LogP contribution >= 0.6 is 12.4 Å². The normalized spacial score (nSPS) is 25.3. The molecule has 0 atom stereocenters. The summed E-state index contributed by atoms with van der Waals surface area (Å²) in [6, 6.07) is 0.490. The Bertz CT molecular complexity index is 324. The number of carbonyl (C=O) groups excluding carboxylic acids is 1. The van der Waals surface area contributed by atoms with Crippen molar-refractivity contribution in [1.29, 1.82) is 0 Å². The molecule has 0 bridgehead atoms. The lowest BCUT2D eigenvalue weighted by atomic mass is 9.97. The van der Waals surface area contributed by atoms with E-state index in [2.05, 4.69) is 20.4 Å². The quantitative estimate of drug-likeness (QED) is 0.766. The van der Waals surface area contributed by atoms with Crippen LogP contribution in [-0.4, -0.2) is 74.1 Å². The molecule has 3 rings (SSSR count). The van der Waals surface area contributed by atoms with E-state index in [1.54, 1.807) is 0 Å². The van der Waals surface area contributed by atoms with Gasteiger partial charge in [0.05, 0.1) is 6.54 Å². The minimum atomic E-state index is 0. The zero-order valence-corrected chi connectivity index (χ0v) is 13.7. The smallest absolute Gasteiger partial charge is 0.234 e. The van der Waals surface area contributed by atoms with Crippen LogP contribution < -0.4 is 10.6 Å². The highest BCUT2D eigenvalue weighted by molar-refractivity contribution is 5.85. The summed E-state index contributed by atoms with van der Waals surface area (Å²) in [6.07, 6.45) is 5.00. The van der Waals surface area contributed by atoms with Crippen LogP contribution in [0.5, 0.6) is 0 Å². The van der Waals surface area contributed by atoms with Crippen molar-refractivity contribution >= 4 is 18.3 Å². The van der Waals surface area contributed by atoms with E-state index in [-0.39, 0.29) is 18.3 Å². The minimum absolute atomic E-state index is 0. The molecular weight excluding hydrogens is 288 g/mol. The molecule has 5 nitrogen and oxygen atoms in total. The molecule has 1 amide bonds. The van der Waals surface area contributed by atoms with E-state index in [0.29, 0.717) is 12.6 Å². The van der Waals surface area contributed by atoms with Gasteiger partial charge in [-0.25, -0.2) is 0 Å². The lowest BCUT2D eigenvalue weighted by molar-refractivity contribution is -0.122. The third-order valence-corrected chi connectivity index (χ3v) is 4.75. The molecule has 2 aliphatic heterocycles. The predicted octanol–water partition coefficient (Wildman–Crippen LogP) is 0.304. The second-order valence-electron chi connectivity index (χ2n) is 6.61. The molecule has 1 aliphatic carbocycles. The van der Waals surface area contributed by atoms with Crippen molar-refractivity contribution in [3.05, 3.63) is 0 Å². The summed E-state index contributed by atoms with van der Waals surface area (Å²) in [5.74, 6) is 1.10. The molecule has 1 saturated carbocycles. The number of halogens is 1. The minimum Gasteiger partial charge on any atom is -0.352 e. The van der Waals surface area contributed by atoms with Gasteiger partial charge in [0.15, 0.2) is 0 Å². The monoisotopic (exact) mass is 316 g/mol. The van der Waals surface area contributed by atoms with Gasteiger partial charge in [0, 0.05) is 38.8 Å². The van der Waals surface area contributed by atoms with Gasteiger partial charge in [0.2, 0.25) is 5.91 Å². The first-order valence-electron chi connectivity index (χ1n) is 8.24. The van der Waals surface area contributed by atoms with Crippen molar-refractivity contribution in [3.63, 3.8) is 0 Å². The van der Waals surface area contributed by atoms with E-state index < -0.39 is 0 Å². The predicted molar refractivity (Wildman–Crippen MR) is 86.9 cm³/mol. The van der Waals surface area contributed by atoms with Crippen LogP contribution in [0.15, 0.2) is 0 Å². The second kappa shape index (κ2) is 8.32. The van der Waals surface area contributed by atoms with Gasteiger partial charge in [-0.15, -0.1) is 12.4 Å². The molecule has 2 heterocycles. The van der Waals surface area contributed by atoms with E-state index in [1.807, 2.05) is 0 Å². The first-order chi connectivity index (χ1) is 9.79. The van der Waals surface area contributed by atoms with E-state index >= 15 is 0 Å². The molecule has 0 aromatic heterocycles. The molecule has 122 valence electrons. The fourth-order valence-corrected chi connectivity index (χ4v) is 3.26. The van der Waals surface area contributed by atoms with Gasteiger partial charge in [-0.1, -0.05) is 0 Å². The number of hydrogen-bond donors (Lipinski definition) is 2. The number of hydrogen-bond acceptors (Lipinski definition) is 4. The van der Waals surface area contributed by atoms with Gasteiger partial charge in [-0.3, -0.25) is 9.69 Å². The Balaban J connectivity index is 0.00000161. The number of amides is 1. The second-order valence-corrected chi connectivity index (χ2v) is 6.61. The average Bonchev–Trinajstić information content (AvgIpc) is 3.26. The van der Waals surface area contributed by atoms with Crippen molar-refractivity contribution in [1.82, 2.24) is 20.4 Å². The number of nitrogens with one attached hydrogen (secondary N) is 2. The molecule has 0 radical (unpaired) electrons. The van der Waals surface area contributed by atoms with Crippen LogP contribution in [0.2, 0.25) is 0 Å². The first-order valence-corrected chi connectivity index (χ1v) is 8.24. The molecule has 0 unspecified atom stereocenters. The molecule has 0 aromatic rings. The van der Waals surface area contributed by atoms with Crippen molar-refractivity contribution in [2.45, 2.75) is 31.7 Å². The molecule has 0 spiro atoms. The highest BCUT2D eigenvalue weighted by Crippen LogP contribution is 2.18. The molecule has 6 heteroatoms. The zero-order chi connectivity index (χ0) is 13.8. The van der Waals surface area contributed by atoms with E-state index in [1.165, 1.54) is 45.3 Å². The van der Waals surface area contributed by atoms with Gasteiger partial charge in [-0.2, -0.15) is 0 Å². The SMILES string of the molecule is Cl.O=C(CN1CCN(CC2CCNCC2)CC1)NC1CC1. The fraction of sp³-hybridized carbons (Fsp3) is 0.933. The maximum atomic E-state index is 11.8. The maximum Gasteiger partial charge on any atom is 0.234 e. The number of piperidine rings is 1. The summed E-state index contributed by atoms with van der Waals surface area (Å²) < 4.78 is 0. The third kappa shape index (κ3) is 5.74. The van der Waals surface area contributed by atoms with Crippen molar-refractivity contribution in [3.8, 4) is 0 Å². The lowest BCUT2D eigenvalue weighted by Gasteiger charge is -2.37. The fourth-order valence-electron chi connectivity index (χ4n) is 3.26. The van der Waals surface area contributed by atoms with Crippen LogP contribution in [0.4, 0.5) is 0 Å². The lowest BCUT2D eigenvalue weighted by Crippen LogP contribution is -2.51. The summed E-state index contributed by atoms with van der Waals surface area (Å²) >= 11 is 0. The summed E-state index contributed by atoms with van der Waals surface area (Å²) in [6.45, 7) is 8.56. The Labute approximate surface area is 134 Å². The summed E-state index contributed by atoms with van der Waals surface area (Å²) in [5.41, 5.74) is 0. The molecule has 2 saturated heterocycles. The molecule has 21 heavy (non-hydrogen) atoms. The Morgan fingerprint density at radius 2 is 1.62 bits per heavy atom. The molecule has 2 N–H and O–H groups in total. The molecule has 3 fully saturated rings. The number of piperazine rings is 1. The number of nitrogens with zero attached hydrogens (tertiary/aromatic N) is 2. The van der Waals surface area contributed by atoms with Crippen LogP contribution in [0.3, 0.4) is 0 Å². The Morgan fingerprint density at radius 3 is 2.24 bits per heavy atom. The largest absolute Gasteiger partial charge is 0.352 e. The zero-order valence-electron chi connectivity index (χ0n) is 12.9. The Hall–Kier alpha value is -0.360.